The molecule has 0 unspecified atom stereocenters. The summed E-state index contributed by atoms with van der Waals surface area (Å²) in [4.78, 5) is 15.9. The van der Waals surface area contributed by atoms with E-state index in [0.717, 1.165) is 25.0 Å². The second kappa shape index (κ2) is 9.51. The monoisotopic (exact) mass is 492 g/mol. The first kappa shape index (κ1) is 24.4. The van der Waals surface area contributed by atoms with Crippen LogP contribution in [0, 0.1) is 5.92 Å². The van der Waals surface area contributed by atoms with Crippen LogP contribution >= 0.6 is 0 Å². The van der Waals surface area contributed by atoms with E-state index in [1.807, 2.05) is 0 Å². The average Bonchev–Trinajstić information content (AvgIpc) is 3.19. The van der Waals surface area contributed by atoms with Crippen molar-refractivity contribution in [1.29, 1.82) is 0 Å². The second-order valence-electron chi connectivity index (χ2n) is 8.73. The van der Waals surface area contributed by atoms with Crippen molar-refractivity contribution in [3.63, 3.8) is 0 Å². The molecule has 7 nitrogen and oxygen atoms in total. The number of carbonyl (C=O) groups is 1. The molecule has 0 saturated heterocycles. The lowest BCUT2D eigenvalue weighted by Crippen LogP contribution is -2.34. The first-order chi connectivity index (χ1) is 16.0. The SMILES string of the molecule is O=C(CC1CCC(c2nnc(C3CC(OC(F)(F)F)C3)o2)CC1)Nc1ccc(C(F)(F)F)cn1. The summed E-state index contributed by atoms with van der Waals surface area (Å²) < 4.78 is 84.2. The number of pyridine rings is 1. The van der Waals surface area contributed by atoms with Gasteiger partial charge in [-0.05, 0) is 56.6 Å². The van der Waals surface area contributed by atoms with Gasteiger partial charge < -0.3 is 9.73 Å². The number of anilines is 1. The van der Waals surface area contributed by atoms with E-state index in [-0.39, 0.29) is 48.7 Å². The van der Waals surface area contributed by atoms with Crippen LogP contribution in [0.1, 0.15) is 74.1 Å². The van der Waals surface area contributed by atoms with Crippen molar-refractivity contribution in [2.75, 3.05) is 5.32 Å². The molecule has 2 saturated carbocycles. The number of alkyl halides is 6. The molecule has 0 spiro atoms. The number of hydrogen-bond donors (Lipinski definition) is 1. The van der Waals surface area contributed by atoms with Gasteiger partial charge >= 0.3 is 12.5 Å². The van der Waals surface area contributed by atoms with E-state index in [4.69, 9.17) is 4.42 Å². The Kier molecular flexibility index (Phi) is 6.83. The van der Waals surface area contributed by atoms with Gasteiger partial charge in [-0.25, -0.2) is 4.98 Å². The van der Waals surface area contributed by atoms with E-state index in [2.05, 4.69) is 25.2 Å². The Morgan fingerprint density at radius 1 is 1.00 bits per heavy atom. The highest BCUT2D eigenvalue weighted by molar-refractivity contribution is 5.89. The Bertz CT molecular complexity index is 978. The van der Waals surface area contributed by atoms with E-state index in [1.165, 1.54) is 0 Å². The van der Waals surface area contributed by atoms with Crippen molar-refractivity contribution in [2.24, 2.45) is 5.92 Å². The molecule has 2 aliphatic carbocycles. The molecular formula is C21H22F6N4O3. The zero-order valence-corrected chi connectivity index (χ0v) is 17.8. The topological polar surface area (TPSA) is 90.1 Å². The molecule has 2 heterocycles. The van der Waals surface area contributed by atoms with Crippen molar-refractivity contribution in [3.05, 3.63) is 35.7 Å². The Morgan fingerprint density at radius 2 is 1.65 bits per heavy atom. The van der Waals surface area contributed by atoms with E-state index in [0.29, 0.717) is 30.8 Å². The van der Waals surface area contributed by atoms with Crippen molar-refractivity contribution >= 4 is 11.7 Å². The van der Waals surface area contributed by atoms with Crippen LogP contribution in [0.2, 0.25) is 0 Å². The molecule has 2 fully saturated rings. The Morgan fingerprint density at radius 3 is 2.21 bits per heavy atom. The van der Waals surface area contributed by atoms with E-state index in [9.17, 15) is 31.1 Å². The molecule has 1 N–H and O–H groups in total. The van der Waals surface area contributed by atoms with Crippen LogP contribution < -0.4 is 5.32 Å². The zero-order chi connectivity index (χ0) is 24.5. The lowest BCUT2D eigenvalue weighted by Gasteiger charge is -2.32. The summed E-state index contributed by atoms with van der Waals surface area (Å²) in [6.45, 7) is 0. The van der Waals surface area contributed by atoms with Crippen molar-refractivity contribution in [3.8, 4) is 0 Å². The number of amides is 1. The third-order valence-corrected chi connectivity index (χ3v) is 6.23. The number of aromatic nitrogens is 3. The van der Waals surface area contributed by atoms with E-state index in [1.54, 1.807) is 0 Å². The van der Waals surface area contributed by atoms with Crippen LogP contribution in [0.15, 0.2) is 22.7 Å². The molecule has 0 bridgehead atoms. The molecule has 2 aromatic rings. The van der Waals surface area contributed by atoms with E-state index < -0.39 is 24.2 Å². The molecule has 34 heavy (non-hydrogen) atoms. The molecule has 2 aromatic heterocycles. The maximum Gasteiger partial charge on any atom is 0.522 e. The van der Waals surface area contributed by atoms with Gasteiger partial charge in [-0.1, -0.05) is 0 Å². The van der Waals surface area contributed by atoms with Gasteiger partial charge in [-0.15, -0.1) is 23.4 Å². The predicted molar refractivity (Wildman–Crippen MR) is 104 cm³/mol. The fourth-order valence-electron chi connectivity index (χ4n) is 4.33. The summed E-state index contributed by atoms with van der Waals surface area (Å²) in [5.74, 6) is 0.377. The molecule has 0 aromatic carbocycles. The third-order valence-electron chi connectivity index (χ3n) is 6.23. The summed E-state index contributed by atoms with van der Waals surface area (Å²) in [7, 11) is 0. The highest BCUT2D eigenvalue weighted by atomic mass is 19.4. The minimum atomic E-state index is -4.65. The normalized spacial score (nSPS) is 25.6. The molecule has 13 heteroatoms. The molecule has 2 aliphatic rings. The highest BCUT2D eigenvalue weighted by Crippen LogP contribution is 2.42. The van der Waals surface area contributed by atoms with Gasteiger partial charge in [0, 0.05) is 24.5 Å². The Balaban J connectivity index is 1.20. The number of halogens is 6. The standard InChI is InChI=1S/C21H22F6N4O3/c22-20(23,24)14-5-6-16(28-10-14)29-17(32)7-11-1-3-12(4-2-11)18-30-31-19(33-18)13-8-15(9-13)34-21(25,26)27/h5-6,10-13,15H,1-4,7-9H2,(H,28,29,32). The fourth-order valence-corrected chi connectivity index (χ4v) is 4.33. The van der Waals surface area contributed by atoms with E-state index >= 15 is 0 Å². The summed E-state index contributed by atoms with van der Waals surface area (Å²) in [5, 5.41) is 10.6. The zero-order valence-electron chi connectivity index (χ0n) is 17.8. The van der Waals surface area contributed by atoms with Crippen molar-refractivity contribution < 1.29 is 40.3 Å². The van der Waals surface area contributed by atoms with Crippen LogP contribution in [0.25, 0.3) is 0 Å². The number of rotatable bonds is 6. The maximum absolute atomic E-state index is 12.6. The Labute approximate surface area is 190 Å². The summed E-state index contributed by atoms with van der Waals surface area (Å²) in [6.07, 6.45) is -5.92. The molecule has 186 valence electrons. The number of carbonyl (C=O) groups excluding carboxylic acids is 1. The van der Waals surface area contributed by atoms with Crippen molar-refractivity contribution in [2.45, 2.75) is 75.4 Å². The van der Waals surface area contributed by atoms with Crippen LogP contribution in [0.5, 0.6) is 0 Å². The minimum Gasteiger partial charge on any atom is -0.425 e. The third kappa shape index (κ3) is 6.24. The predicted octanol–water partition coefficient (Wildman–Crippen LogP) is 5.57. The van der Waals surface area contributed by atoms with Gasteiger partial charge in [-0.2, -0.15) is 13.2 Å². The first-order valence-corrected chi connectivity index (χ1v) is 10.9. The number of nitrogens with one attached hydrogen (secondary N) is 1. The molecular weight excluding hydrogens is 470 g/mol. The van der Waals surface area contributed by atoms with Crippen LogP contribution in [0.3, 0.4) is 0 Å². The highest BCUT2D eigenvalue weighted by Gasteiger charge is 2.42. The summed E-state index contributed by atoms with van der Waals surface area (Å²) in [6, 6.07) is 1.98. The quantitative estimate of drug-likeness (QED) is 0.531. The molecule has 0 aliphatic heterocycles. The smallest absolute Gasteiger partial charge is 0.425 e. The minimum absolute atomic E-state index is 0.0134. The largest absolute Gasteiger partial charge is 0.522 e. The van der Waals surface area contributed by atoms with Gasteiger partial charge in [-0.3, -0.25) is 9.53 Å². The molecule has 1 amide bonds. The lowest BCUT2D eigenvalue weighted by molar-refractivity contribution is -0.352. The summed E-state index contributed by atoms with van der Waals surface area (Å²) >= 11 is 0. The molecule has 0 atom stereocenters. The van der Waals surface area contributed by atoms with Crippen LogP contribution in [-0.2, 0) is 15.7 Å². The lowest BCUT2D eigenvalue weighted by atomic mass is 9.80. The maximum atomic E-state index is 12.6. The Hall–Kier alpha value is -2.70. The average molecular weight is 492 g/mol. The fraction of sp³-hybridized carbons (Fsp3) is 0.619. The number of hydrogen-bond acceptors (Lipinski definition) is 6. The van der Waals surface area contributed by atoms with Gasteiger partial charge in [0.1, 0.15) is 5.82 Å². The van der Waals surface area contributed by atoms with Gasteiger partial charge in [0.25, 0.3) is 0 Å². The van der Waals surface area contributed by atoms with Gasteiger partial charge in [0.05, 0.1) is 11.7 Å². The van der Waals surface area contributed by atoms with Gasteiger partial charge in [0.2, 0.25) is 17.7 Å². The molecule has 4 rings (SSSR count). The van der Waals surface area contributed by atoms with Crippen LogP contribution in [0.4, 0.5) is 32.2 Å². The van der Waals surface area contributed by atoms with Crippen molar-refractivity contribution in [1.82, 2.24) is 15.2 Å². The number of ether oxygens (including phenoxy) is 1. The summed E-state index contributed by atoms with van der Waals surface area (Å²) in [5.41, 5.74) is -0.889. The molecule has 0 radical (unpaired) electrons. The van der Waals surface area contributed by atoms with Crippen LogP contribution in [-0.4, -0.2) is 33.6 Å². The first-order valence-electron chi connectivity index (χ1n) is 10.9. The number of nitrogens with zero attached hydrogens (tertiary/aromatic N) is 3. The second-order valence-corrected chi connectivity index (χ2v) is 8.73. The van der Waals surface area contributed by atoms with Gasteiger partial charge in [0.15, 0.2) is 0 Å².